The van der Waals surface area contributed by atoms with Gasteiger partial charge in [0.05, 0.1) is 41.2 Å². The first-order valence-corrected chi connectivity index (χ1v) is 10.2. The number of fused-ring (bicyclic) bond motifs is 1. The lowest BCUT2D eigenvalue weighted by atomic mass is 10.1. The van der Waals surface area contributed by atoms with Crippen LogP contribution in [0.4, 0.5) is 11.4 Å². The zero-order chi connectivity index (χ0) is 24.2. The molecule has 0 saturated carbocycles. The maximum Gasteiger partial charge on any atom is 0.341 e. The van der Waals surface area contributed by atoms with Gasteiger partial charge in [-0.05, 0) is 30.3 Å². The summed E-state index contributed by atoms with van der Waals surface area (Å²) < 4.78 is 28.2. The molecule has 0 aliphatic carbocycles. The highest BCUT2D eigenvalue weighted by atomic mass is 16.5. The first kappa shape index (κ1) is 22.7. The van der Waals surface area contributed by atoms with E-state index in [2.05, 4.69) is 15.5 Å². The van der Waals surface area contributed by atoms with E-state index in [0.29, 0.717) is 45.6 Å². The molecule has 10 nitrogen and oxygen atoms in total. The normalized spacial score (nSPS) is 10.6. The van der Waals surface area contributed by atoms with Crippen LogP contribution < -0.4 is 24.3 Å². The van der Waals surface area contributed by atoms with Crippen molar-refractivity contribution in [1.29, 1.82) is 0 Å². The summed E-state index contributed by atoms with van der Waals surface area (Å²) in [6, 6.07) is 12.5. The van der Waals surface area contributed by atoms with E-state index < -0.39 is 5.97 Å². The summed E-state index contributed by atoms with van der Waals surface area (Å²) in [5.74, 6) is 2.03. The lowest BCUT2D eigenvalue weighted by Gasteiger charge is -2.15. The van der Waals surface area contributed by atoms with Gasteiger partial charge in [0, 0.05) is 29.6 Å². The van der Waals surface area contributed by atoms with Gasteiger partial charge in [0.25, 0.3) is 0 Å². The summed E-state index contributed by atoms with van der Waals surface area (Å²) in [6.45, 7) is 0. The van der Waals surface area contributed by atoms with E-state index in [0.717, 1.165) is 11.4 Å². The number of hydrogen-bond acceptors (Lipinski definition) is 9. The van der Waals surface area contributed by atoms with Gasteiger partial charge in [-0.15, -0.1) is 10.2 Å². The summed E-state index contributed by atoms with van der Waals surface area (Å²) in [7, 11) is 7.50. The SMILES string of the molecule is COC(=O)c1cc(-c2nnc3ccc(Nc4cc(OC)c(OC)c(OC)c4)cn23)ccc1OC. The summed E-state index contributed by atoms with van der Waals surface area (Å²) in [5, 5.41) is 11.9. The van der Waals surface area contributed by atoms with Crippen LogP contribution >= 0.6 is 0 Å². The fourth-order valence-corrected chi connectivity index (χ4v) is 3.60. The number of rotatable bonds is 8. The number of methoxy groups -OCH3 is 5. The van der Waals surface area contributed by atoms with Crippen molar-refractivity contribution in [3.63, 3.8) is 0 Å². The van der Waals surface area contributed by atoms with Crippen LogP contribution in [-0.4, -0.2) is 56.1 Å². The van der Waals surface area contributed by atoms with Gasteiger partial charge in [-0.25, -0.2) is 4.79 Å². The number of nitrogens with one attached hydrogen (secondary N) is 1. The van der Waals surface area contributed by atoms with Gasteiger partial charge >= 0.3 is 5.97 Å². The van der Waals surface area contributed by atoms with Gasteiger partial charge in [0.2, 0.25) is 5.75 Å². The molecule has 2 aromatic carbocycles. The third kappa shape index (κ3) is 4.13. The molecule has 0 aliphatic heterocycles. The highest BCUT2D eigenvalue weighted by Crippen LogP contribution is 2.40. The molecule has 1 N–H and O–H groups in total. The van der Waals surface area contributed by atoms with Crippen molar-refractivity contribution < 1.29 is 28.5 Å². The van der Waals surface area contributed by atoms with Crippen LogP contribution in [0.5, 0.6) is 23.0 Å². The second-order valence-electron chi connectivity index (χ2n) is 7.12. The third-order valence-electron chi connectivity index (χ3n) is 5.22. The Morgan fingerprint density at radius 3 is 2.12 bits per heavy atom. The monoisotopic (exact) mass is 464 g/mol. The van der Waals surface area contributed by atoms with Crippen molar-refractivity contribution in [2.24, 2.45) is 0 Å². The second-order valence-corrected chi connectivity index (χ2v) is 7.12. The number of ether oxygens (including phenoxy) is 5. The molecule has 0 spiro atoms. The number of carbonyl (C=O) groups excluding carboxylic acids is 1. The molecule has 4 aromatic rings. The van der Waals surface area contributed by atoms with Crippen LogP contribution in [0.25, 0.3) is 17.0 Å². The summed E-state index contributed by atoms with van der Waals surface area (Å²) in [6.07, 6.45) is 1.86. The molecule has 0 saturated heterocycles. The molecule has 0 fully saturated rings. The number of esters is 1. The Hall–Kier alpha value is -4.47. The van der Waals surface area contributed by atoms with E-state index in [1.54, 1.807) is 39.5 Å². The molecular formula is C24H24N4O6. The molecule has 34 heavy (non-hydrogen) atoms. The lowest BCUT2D eigenvalue weighted by molar-refractivity contribution is 0.0597. The van der Waals surface area contributed by atoms with Gasteiger partial charge in [0.15, 0.2) is 23.0 Å². The van der Waals surface area contributed by atoms with Crippen LogP contribution in [-0.2, 0) is 4.74 Å². The predicted molar refractivity (Wildman–Crippen MR) is 126 cm³/mol. The fourth-order valence-electron chi connectivity index (χ4n) is 3.60. The van der Waals surface area contributed by atoms with Gasteiger partial charge in [-0.2, -0.15) is 0 Å². The minimum absolute atomic E-state index is 0.297. The van der Waals surface area contributed by atoms with E-state index in [-0.39, 0.29) is 0 Å². The van der Waals surface area contributed by atoms with E-state index in [4.69, 9.17) is 23.7 Å². The Labute approximate surface area is 196 Å². The van der Waals surface area contributed by atoms with Crippen molar-refractivity contribution in [2.45, 2.75) is 0 Å². The number of aromatic nitrogens is 3. The average molecular weight is 464 g/mol. The van der Waals surface area contributed by atoms with E-state index in [1.165, 1.54) is 14.2 Å². The third-order valence-corrected chi connectivity index (χ3v) is 5.22. The summed E-state index contributed by atoms with van der Waals surface area (Å²) in [4.78, 5) is 12.2. The van der Waals surface area contributed by atoms with Crippen molar-refractivity contribution in [1.82, 2.24) is 14.6 Å². The Bertz CT molecular complexity index is 1330. The number of nitrogens with zero attached hydrogens (tertiary/aromatic N) is 3. The number of pyridine rings is 1. The molecule has 0 radical (unpaired) electrons. The van der Waals surface area contributed by atoms with Gasteiger partial charge in [-0.3, -0.25) is 4.40 Å². The summed E-state index contributed by atoms with van der Waals surface area (Å²) >= 11 is 0. The smallest absolute Gasteiger partial charge is 0.341 e. The van der Waals surface area contributed by atoms with E-state index >= 15 is 0 Å². The van der Waals surface area contributed by atoms with Crippen LogP contribution in [0.1, 0.15) is 10.4 Å². The fraction of sp³-hybridized carbons (Fsp3) is 0.208. The molecule has 0 amide bonds. The molecule has 2 heterocycles. The minimum Gasteiger partial charge on any atom is -0.496 e. The molecule has 2 aromatic heterocycles. The number of carbonyl (C=O) groups is 1. The van der Waals surface area contributed by atoms with Crippen LogP contribution in [0.3, 0.4) is 0 Å². The minimum atomic E-state index is -0.503. The quantitative estimate of drug-likeness (QED) is 0.388. The maximum absolute atomic E-state index is 12.2. The van der Waals surface area contributed by atoms with E-state index in [1.807, 2.05) is 34.9 Å². The maximum atomic E-state index is 12.2. The van der Waals surface area contributed by atoms with Crippen molar-refractivity contribution >= 4 is 23.0 Å². The Kier molecular flexibility index (Phi) is 6.39. The number of benzene rings is 2. The van der Waals surface area contributed by atoms with Crippen LogP contribution in [0.2, 0.25) is 0 Å². The van der Waals surface area contributed by atoms with Gasteiger partial charge < -0.3 is 29.0 Å². The van der Waals surface area contributed by atoms with Crippen molar-refractivity contribution in [2.75, 3.05) is 40.9 Å². The number of hydrogen-bond donors (Lipinski definition) is 1. The predicted octanol–water partition coefficient (Wildman–Crippen LogP) is 3.96. The van der Waals surface area contributed by atoms with Crippen LogP contribution in [0.15, 0.2) is 48.7 Å². The van der Waals surface area contributed by atoms with Crippen molar-refractivity contribution in [3.05, 3.63) is 54.2 Å². The first-order valence-electron chi connectivity index (χ1n) is 10.2. The standard InChI is InChI=1S/C24H24N4O6/c1-30-18-8-6-14(10-17(18)24(29)34-5)23-27-26-21-9-7-15(13-28(21)23)25-16-11-19(31-2)22(33-4)20(12-16)32-3/h6-13,25H,1-5H3. The molecule has 0 atom stereocenters. The van der Waals surface area contributed by atoms with Gasteiger partial charge in [-0.1, -0.05) is 0 Å². The molecule has 0 aliphatic rings. The lowest BCUT2D eigenvalue weighted by Crippen LogP contribution is -2.04. The Balaban J connectivity index is 1.74. The topological polar surface area (TPSA) is 105 Å². The molecule has 10 heteroatoms. The molecule has 4 rings (SSSR count). The average Bonchev–Trinajstić information content (AvgIpc) is 3.30. The van der Waals surface area contributed by atoms with E-state index in [9.17, 15) is 4.79 Å². The number of anilines is 2. The summed E-state index contributed by atoms with van der Waals surface area (Å²) in [5.41, 5.74) is 3.12. The highest BCUT2D eigenvalue weighted by Gasteiger charge is 2.17. The Morgan fingerprint density at radius 1 is 0.794 bits per heavy atom. The van der Waals surface area contributed by atoms with Crippen molar-refractivity contribution in [3.8, 4) is 34.4 Å². The second kappa shape index (κ2) is 9.57. The van der Waals surface area contributed by atoms with Crippen LogP contribution in [0, 0.1) is 0 Å². The largest absolute Gasteiger partial charge is 0.496 e. The van der Waals surface area contributed by atoms with Gasteiger partial charge in [0.1, 0.15) is 11.3 Å². The molecule has 0 unspecified atom stereocenters. The Morgan fingerprint density at radius 2 is 1.50 bits per heavy atom. The molecular weight excluding hydrogens is 440 g/mol. The highest BCUT2D eigenvalue weighted by molar-refractivity contribution is 5.94. The zero-order valence-electron chi connectivity index (χ0n) is 19.4. The first-order chi connectivity index (χ1) is 16.5. The molecule has 176 valence electrons. The zero-order valence-corrected chi connectivity index (χ0v) is 19.4. The molecule has 0 bridgehead atoms.